The summed E-state index contributed by atoms with van der Waals surface area (Å²) in [6.45, 7) is 13.6. The second-order valence-electron chi connectivity index (χ2n) is 7.41. The number of rotatable bonds is 14. The van der Waals surface area contributed by atoms with Gasteiger partial charge in [0.05, 0.1) is 7.11 Å². The van der Waals surface area contributed by atoms with Crippen molar-refractivity contribution in [3.05, 3.63) is 23.8 Å². The zero-order chi connectivity index (χ0) is 20.9. The fourth-order valence-electron chi connectivity index (χ4n) is 3.44. The van der Waals surface area contributed by atoms with Crippen LogP contribution in [0.25, 0.3) is 0 Å². The molecule has 1 saturated heterocycles. The summed E-state index contributed by atoms with van der Waals surface area (Å²) in [6.07, 6.45) is 0.483. The molecule has 2 rings (SSSR count). The number of benzene rings is 1. The second kappa shape index (κ2) is 13.8. The van der Waals surface area contributed by atoms with Crippen molar-refractivity contribution in [1.82, 2.24) is 15.1 Å². The maximum atomic E-state index is 10.4. The third kappa shape index (κ3) is 8.88. The Hall–Kier alpha value is -1.38. The van der Waals surface area contributed by atoms with Gasteiger partial charge in [-0.2, -0.15) is 0 Å². The summed E-state index contributed by atoms with van der Waals surface area (Å²) in [5.41, 5.74) is 1.14. The Morgan fingerprint density at radius 2 is 1.86 bits per heavy atom. The van der Waals surface area contributed by atoms with Gasteiger partial charge < -0.3 is 29.5 Å². The molecule has 0 saturated carbocycles. The molecule has 0 bridgehead atoms. The van der Waals surface area contributed by atoms with Crippen LogP contribution in [0.5, 0.6) is 11.5 Å². The lowest BCUT2D eigenvalue weighted by Crippen LogP contribution is -2.49. The molecule has 0 aliphatic carbocycles. The highest BCUT2D eigenvalue weighted by Crippen LogP contribution is 2.28. The van der Waals surface area contributed by atoms with Crippen molar-refractivity contribution in [3.63, 3.8) is 0 Å². The molecular weight excluding hydrogens is 370 g/mol. The van der Waals surface area contributed by atoms with Gasteiger partial charge >= 0.3 is 0 Å². The zero-order valence-corrected chi connectivity index (χ0v) is 18.4. The standard InChI is InChI=1S/C22H39N3O4/c1-4-24-10-12-25(13-11-24)17-20(26)18-29-21-8-7-19(15-22(21)27-3)16-23-9-6-14-28-5-2/h7-8,15,20,23,26H,4-6,9-14,16-18H2,1-3H3/t20-/m1/s1. The molecule has 1 fully saturated rings. The molecule has 1 aliphatic rings. The molecule has 0 spiro atoms. The van der Waals surface area contributed by atoms with Crippen LogP contribution in [-0.4, -0.2) is 93.8 Å². The number of hydrogen-bond acceptors (Lipinski definition) is 7. The van der Waals surface area contributed by atoms with E-state index in [0.717, 1.165) is 71.0 Å². The normalized spacial score (nSPS) is 16.7. The van der Waals surface area contributed by atoms with E-state index in [1.807, 2.05) is 25.1 Å². The van der Waals surface area contributed by atoms with Gasteiger partial charge in [0.1, 0.15) is 12.7 Å². The van der Waals surface area contributed by atoms with Crippen LogP contribution in [0.15, 0.2) is 18.2 Å². The van der Waals surface area contributed by atoms with Gasteiger partial charge in [0, 0.05) is 52.5 Å². The molecule has 7 heteroatoms. The van der Waals surface area contributed by atoms with E-state index in [1.54, 1.807) is 7.11 Å². The third-order valence-electron chi connectivity index (χ3n) is 5.22. The molecule has 0 aromatic heterocycles. The van der Waals surface area contributed by atoms with Gasteiger partial charge in [0.2, 0.25) is 0 Å². The van der Waals surface area contributed by atoms with E-state index in [2.05, 4.69) is 22.0 Å². The smallest absolute Gasteiger partial charge is 0.161 e. The molecule has 0 radical (unpaired) electrons. The van der Waals surface area contributed by atoms with E-state index < -0.39 is 6.10 Å². The average molecular weight is 410 g/mol. The number of likely N-dealkylation sites (N-methyl/N-ethyl adjacent to an activating group) is 1. The van der Waals surface area contributed by atoms with Crippen LogP contribution < -0.4 is 14.8 Å². The SMILES string of the molecule is CCOCCCNCc1ccc(OC[C@H](O)CN2CCN(CC)CC2)c(OC)c1. The van der Waals surface area contributed by atoms with Crippen LogP contribution in [0.2, 0.25) is 0 Å². The fourth-order valence-corrected chi connectivity index (χ4v) is 3.44. The molecule has 7 nitrogen and oxygen atoms in total. The fraction of sp³-hybridized carbons (Fsp3) is 0.727. The molecule has 1 aromatic carbocycles. The first kappa shape index (κ1) is 23.9. The number of nitrogens with zero attached hydrogens (tertiary/aromatic N) is 2. The summed E-state index contributed by atoms with van der Waals surface area (Å²) in [5.74, 6) is 1.37. The van der Waals surface area contributed by atoms with Crippen LogP contribution in [-0.2, 0) is 11.3 Å². The maximum Gasteiger partial charge on any atom is 0.161 e. The number of piperazine rings is 1. The van der Waals surface area contributed by atoms with Gasteiger partial charge in [-0.05, 0) is 44.1 Å². The first-order chi connectivity index (χ1) is 14.2. The first-order valence-electron chi connectivity index (χ1n) is 10.9. The van der Waals surface area contributed by atoms with E-state index >= 15 is 0 Å². The lowest BCUT2D eigenvalue weighted by molar-refractivity contribution is 0.0464. The van der Waals surface area contributed by atoms with Crippen molar-refractivity contribution >= 4 is 0 Å². The summed E-state index contributed by atoms with van der Waals surface area (Å²) in [4.78, 5) is 4.73. The molecule has 0 unspecified atom stereocenters. The highest BCUT2D eigenvalue weighted by Gasteiger charge is 2.19. The number of β-amino-alcohol motifs (C(OH)–C–C–N with tert-alkyl or cyclic N) is 1. The number of methoxy groups -OCH3 is 1. The first-order valence-corrected chi connectivity index (χ1v) is 10.9. The summed E-state index contributed by atoms with van der Waals surface area (Å²) in [5, 5.41) is 13.8. The third-order valence-corrected chi connectivity index (χ3v) is 5.22. The largest absolute Gasteiger partial charge is 0.493 e. The molecule has 1 aliphatic heterocycles. The van der Waals surface area contributed by atoms with Gasteiger partial charge in [-0.15, -0.1) is 0 Å². The summed E-state index contributed by atoms with van der Waals surface area (Å²) in [7, 11) is 1.64. The van der Waals surface area contributed by atoms with Crippen LogP contribution in [0.4, 0.5) is 0 Å². The van der Waals surface area contributed by atoms with E-state index in [0.29, 0.717) is 18.0 Å². The minimum Gasteiger partial charge on any atom is -0.493 e. The van der Waals surface area contributed by atoms with Crippen molar-refractivity contribution < 1.29 is 19.3 Å². The van der Waals surface area contributed by atoms with Crippen molar-refractivity contribution in [2.45, 2.75) is 32.9 Å². The van der Waals surface area contributed by atoms with Gasteiger partial charge in [0.25, 0.3) is 0 Å². The van der Waals surface area contributed by atoms with Crippen molar-refractivity contribution in [2.24, 2.45) is 0 Å². The van der Waals surface area contributed by atoms with Crippen molar-refractivity contribution in [1.29, 1.82) is 0 Å². The number of aliphatic hydroxyl groups is 1. The highest BCUT2D eigenvalue weighted by molar-refractivity contribution is 5.43. The molecule has 166 valence electrons. The number of ether oxygens (including phenoxy) is 3. The lowest BCUT2D eigenvalue weighted by atomic mass is 10.2. The summed E-state index contributed by atoms with van der Waals surface area (Å²) >= 11 is 0. The quantitative estimate of drug-likeness (QED) is 0.452. The Labute approximate surface area is 175 Å². The predicted octanol–water partition coefficient (Wildman–Crippen LogP) is 1.59. The van der Waals surface area contributed by atoms with Gasteiger partial charge in [0.15, 0.2) is 11.5 Å². The number of aliphatic hydroxyl groups excluding tert-OH is 1. The zero-order valence-electron chi connectivity index (χ0n) is 18.4. The summed E-state index contributed by atoms with van der Waals surface area (Å²) < 4.78 is 16.7. The van der Waals surface area contributed by atoms with Gasteiger partial charge in [-0.1, -0.05) is 13.0 Å². The Kier molecular flexibility index (Phi) is 11.3. The molecule has 1 heterocycles. The average Bonchev–Trinajstić information content (AvgIpc) is 2.75. The van der Waals surface area contributed by atoms with E-state index in [1.165, 1.54) is 0 Å². The maximum absolute atomic E-state index is 10.4. The molecule has 2 N–H and O–H groups in total. The Balaban J connectivity index is 1.72. The molecular formula is C22H39N3O4. The topological polar surface area (TPSA) is 66.4 Å². The monoisotopic (exact) mass is 409 g/mol. The summed E-state index contributed by atoms with van der Waals surface area (Å²) in [6, 6.07) is 5.94. The van der Waals surface area contributed by atoms with E-state index in [4.69, 9.17) is 14.2 Å². The number of nitrogens with one attached hydrogen (secondary N) is 1. The van der Waals surface area contributed by atoms with Crippen molar-refractivity contribution in [2.75, 3.05) is 72.7 Å². The van der Waals surface area contributed by atoms with Gasteiger partial charge in [-0.25, -0.2) is 0 Å². The highest BCUT2D eigenvalue weighted by atomic mass is 16.5. The Morgan fingerprint density at radius 1 is 1.10 bits per heavy atom. The number of hydrogen-bond donors (Lipinski definition) is 2. The predicted molar refractivity (Wildman–Crippen MR) is 116 cm³/mol. The van der Waals surface area contributed by atoms with E-state index in [-0.39, 0.29) is 6.61 Å². The Bertz CT molecular complexity index is 565. The van der Waals surface area contributed by atoms with E-state index in [9.17, 15) is 5.11 Å². The molecule has 29 heavy (non-hydrogen) atoms. The minimum atomic E-state index is -0.514. The van der Waals surface area contributed by atoms with Crippen LogP contribution >= 0.6 is 0 Å². The van der Waals surface area contributed by atoms with Crippen molar-refractivity contribution in [3.8, 4) is 11.5 Å². The Morgan fingerprint density at radius 3 is 2.55 bits per heavy atom. The van der Waals surface area contributed by atoms with Crippen LogP contribution in [0.3, 0.4) is 0 Å². The molecule has 0 amide bonds. The van der Waals surface area contributed by atoms with Crippen LogP contribution in [0, 0.1) is 0 Å². The van der Waals surface area contributed by atoms with Gasteiger partial charge in [-0.3, -0.25) is 4.90 Å². The lowest BCUT2D eigenvalue weighted by Gasteiger charge is -2.34. The molecule has 1 aromatic rings. The van der Waals surface area contributed by atoms with Crippen LogP contribution in [0.1, 0.15) is 25.8 Å². The second-order valence-corrected chi connectivity index (χ2v) is 7.41. The molecule has 1 atom stereocenters. The minimum absolute atomic E-state index is 0.263.